The summed E-state index contributed by atoms with van der Waals surface area (Å²) in [7, 11) is 0. The van der Waals surface area contributed by atoms with Crippen LogP contribution < -0.4 is 16.4 Å². The first-order chi connectivity index (χ1) is 53.5. The molecular weight excluding hydrogens is 1370 g/mol. The molecule has 2 aliphatic rings. The lowest BCUT2D eigenvalue weighted by atomic mass is 9.34. The molecular formula is C110H112BN3. The van der Waals surface area contributed by atoms with E-state index in [1.165, 1.54) is 182 Å². The minimum atomic E-state index is -0.142. The summed E-state index contributed by atoms with van der Waals surface area (Å²) in [6, 6.07) is 97.2. The van der Waals surface area contributed by atoms with E-state index in [1.54, 1.807) is 0 Å². The standard InChI is InChI=1S/C110H112BN3/c1-103(2,3)75-39-31-65(32-40-75)69-51-70(66-33-41-76(42-34-66)104(4,5)6)54-73(53-69)84-27-25-29-86-87-30-26-28-85(74-55-71(67-35-43-77(44-36-67)105(7,8)9)52-72(56-74)68-37-45-78(46-38-68)106(10,11)12)100(87)112(99(84)86)83-63-96-98-97(64-83)114-95-50-48-80(108(16,17)18)58-89(95)91-60-82(110(22,23)24)62-93(102(91)114)111(98)92-61-81(109(19,20)21)59-90-88-57-79(107(13,14)15)47-49-94(88)113(96)101(90)92/h25-64H,1-24H3. The second-order valence-electron chi connectivity index (χ2n) is 42.0. The molecule has 0 fully saturated rings. The topological polar surface area (TPSA) is 14.8 Å². The Morgan fingerprint density at radius 2 is 0.474 bits per heavy atom. The molecule has 0 atom stereocenters. The van der Waals surface area contributed by atoms with Gasteiger partial charge in [-0.3, -0.25) is 0 Å². The van der Waals surface area contributed by atoms with Crippen molar-refractivity contribution in [2.75, 3.05) is 0 Å². The highest BCUT2D eigenvalue weighted by molar-refractivity contribution is 7.00. The SMILES string of the molecule is CC(C)(C)c1ccc(-c2cc(-c3ccc(C(C)(C)C)cc3)cc(-c3cccc4c5cccc(-c6cc(-c7ccc(C(C)(C)C)cc7)cc(-c7ccc(C(C)(C)C)cc7)c6)c5n(-c5cc6c7c(c5)-n5c8ccc(C(C)(C)C)cc8c8cc(C(C)(C)C)cc(c85)B7c5cc(C(C)(C)C)cc7c8cc(C(C)(C)C)ccc8n-6c57)c34)c2)cc1. The fourth-order valence-corrected chi connectivity index (χ4v) is 18.7. The smallest absolute Gasteiger partial charge is 0.252 e. The summed E-state index contributed by atoms with van der Waals surface area (Å²) in [6.07, 6.45) is 0. The van der Waals surface area contributed by atoms with Crippen molar-refractivity contribution < 1.29 is 0 Å². The highest BCUT2D eigenvalue weighted by atomic mass is 15.1. The Balaban J connectivity index is 1.02. The van der Waals surface area contributed by atoms with Crippen molar-refractivity contribution in [3.05, 3.63) is 287 Å². The zero-order valence-electron chi connectivity index (χ0n) is 72.0. The second-order valence-corrected chi connectivity index (χ2v) is 42.0. The number of aromatic nitrogens is 3. The molecule has 0 bridgehead atoms. The van der Waals surface area contributed by atoms with Crippen LogP contribution in [-0.4, -0.2) is 20.4 Å². The molecule has 114 heavy (non-hydrogen) atoms. The van der Waals surface area contributed by atoms with Crippen LogP contribution in [0, 0.1) is 0 Å². The second kappa shape index (κ2) is 25.4. The number of hydrogen-bond donors (Lipinski definition) is 0. The molecule has 0 spiro atoms. The zero-order chi connectivity index (χ0) is 80.5. The monoisotopic (exact) mass is 1490 g/mol. The highest BCUT2D eigenvalue weighted by Gasteiger charge is 2.44. The van der Waals surface area contributed by atoms with E-state index in [-0.39, 0.29) is 50.0 Å². The fraction of sp³-hybridized carbons (Fsp3) is 0.291. The number of fused-ring (bicyclic) bond motifs is 13. The predicted octanol–water partition coefficient (Wildman–Crippen LogP) is 28.5. The van der Waals surface area contributed by atoms with Crippen molar-refractivity contribution >= 4 is 88.5 Å². The van der Waals surface area contributed by atoms with Crippen LogP contribution in [0.1, 0.15) is 211 Å². The normalized spacial score (nSPS) is 13.6. The Bertz CT molecular complexity index is 6110. The van der Waals surface area contributed by atoms with Gasteiger partial charge in [0.15, 0.2) is 0 Å². The predicted molar refractivity (Wildman–Crippen MR) is 496 cm³/mol. The molecule has 18 rings (SSSR count). The minimum absolute atomic E-state index is 0.00143. The number of rotatable bonds is 7. The molecule has 16 aromatic rings. The van der Waals surface area contributed by atoms with Crippen LogP contribution in [0.5, 0.6) is 0 Å². The highest BCUT2D eigenvalue weighted by Crippen LogP contribution is 2.50. The first kappa shape index (κ1) is 74.7. The van der Waals surface area contributed by atoms with E-state index in [0.717, 1.165) is 27.8 Å². The van der Waals surface area contributed by atoms with Gasteiger partial charge in [0.25, 0.3) is 6.71 Å². The van der Waals surface area contributed by atoms with E-state index in [2.05, 4.69) is 423 Å². The lowest BCUT2D eigenvalue weighted by Gasteiger charge is -2.36. The molecule has 13 aromatic carbocycles. The van der Waals surface area contributed by atoms with E-state index in [9.17, 15) is 0 Å². The maximum Gasteiger partial charge on any atom is 0.252 e. The van der Waals surface area contributed by atoms with Crippen LogP contribution in [0.3, 0.4) is 0 Å². The molecule has 570 valence electrons. The van der Waals surface area contributed by atoms with Crippen molar-refractivity contribution in [2.45, 2.75) is 209 Å². The maximum atomic E-state index is 2.74. The molecule has 0 unspecified atom stereocenters. The van der Waals surface area contributed by atoms with E-state index in [1.807, 2.05) is 0 Å². The average molecular weight is 1490 g/mol. The Hall–Kier alpha value is -10.7. The van der Waals surface area contributed by atoms with Gasteiger partial charge >= 0.3 is 0 Å². The van der Waals surface area contributed by atoms with E-state index < -0.39 is 0 Å². The molecule has 5 heterocycles. The van der Waals surface area contributed by atoms with Gasteiger partial charge < -0.3 is 13.7 Å². The summed E-state index contributed by atoms with van der Waals surface area (Å²) in [5.41, 5.74) is 39.4. The third-order valence-electron chi connectivity index (χ3n) is 25.7. The number of para-hydroxylation sites is 2. The zero-order valence-corrected chi connectivity index (χ0v) is 72.0. The maximum absolute atomic E-state index is 2.74. The third-order valence-corrected chi connectivity index (χ3v) is 25.7. The van der Waals surface area contributed by atoms with Crippen LogP contribution in [0.15, 0.2) is 243 Å². The first-order valence-corrected chi connectivity index (χ1v) is 41.8. The number of nitrogens with zero attached hydrogens (tertiary/aromatic N) is 3. The summed E-state index contributed by atoms with van der Waals surface area (Å²) >= 11 is 0. The van der Waals surface area contributed by atoms with E-state index in [0.29, 0.717) is 0 Å². The Kier molecular flexibility index (Phi) is 16.7. The van der Waals surface area contributed by atoms with Crippen LogP contribution in [0.4, 0.5) is 0 Å². The average Bonchev–Trinajstić information content (AvgIpc) is 1.47. The summed E-state index contributed by atoms with van der Waals surface area (Å²) in [5, 5.41) is 7.62. The quantitative estimate of drug-likeness (QED) is 0.141. The number of benzene rings is 13. The van der Waals surface area contributed by atoms with Gasteiger partial charge in [0.05, 0.1) is 27.8 Å². The van der Waals surface area contributed by atoms with Gasteiger partial charge in [0.1, 0.15) is 0 Å². The van der Waals surface area contributed by atoms with Crippen molar-refractivity contribution in [1.29, 1.82) is 0 Å². The Morgan fingerprint density at radius 1 is 0.202 bits per heavy atom. The van der Waals surface area contributed by atoms with Gasteiger partial charge in [-0.15, -0.1) is 0 Å². The molecule has 0 amide bonds. The summed E-state index contributed by atoms with van der Waals surface area (Å²) in [4.78, 5) is 0. The molecule has 2 aliphatic heterocycles. The van der Waals surface area contributed by atoms with Crippen LogP contribution in [0.25, 0.3) is 149 Å². The van der Waals surface area contributed by atoms with Gasteiger partial charge in [-0.1, -0.05) is 324 Å². The molecule has 0 aliphatic carbocycles. The molecule has 0 N–H and O–H groups in total. The fourth-order valence-electron chi connectivity index (χ4n) is 18.7. The van der Waals surface area contributed by atoms with Gasteiger partial charge in [-0.05, 0) is 245 Å². The van der Waals surface area contributed by atoms with E-state index in [4.69, 9.17) is 0 Å². The molecule has 0 saturated heterocycles. The van der Waals surface area contributed by atoms with Crippen molar-refractivity contribution in [3.8, 4) is 83.8 Å². The first-order valence-electron chi connectivity index (χ1n) is 41.8. The number of hydrogen-bond acceptors (Lipinski definition) is 0. The Labute approximate surface area is 678 Å². The summed E-state index contributed by atoms with van der Waals surface area (Å²) < 4.78 is 8.19. The summed E-state index contributed by atoms with van der Waals surface area (Å²) in [6.45, 7) is 56.3. The van der Waals surface area contributed by atoms with Gasteiger partial charge in [0, 0.05) is 65.9 Å². The molecule has 3 aromatic heterocycles. The van der Waals surface area contributed by atoms with Crippen LogP contribution >= 0.6 is 0 Å². The van der Waals surface area contributed by atoms with Gasteiger partial charge in [-0.25, -0.2) is 0 Å². The van der Waals surface area contributed by atoms with Crippen LogP contribution in [-0.2, 0) is 43.3 Å². The largest absolute Gasteiger partial charge is 0.310 e. The van der Waals surface area contributed by atoms with Crippen LogP contribution in [0.2, 0.25) is 0 Å². The van der Waals surface area contributed by atoms with Crippen molar-refractivity contribution in [2.24, 2.45) is 0 Å². The molecule has 0 radical (unpaired) electrons. The lowest BCUT2D eigenvalue weighted by molar-refractivity contribution is 0.590. The van der Waals surface area contributed by atoms with Crippen molar-refractivity contribution in [1.82, 2.24) is 13.7 Å². The summed E-state index contributed by atoms with van der Waals surface area (Å²) in [5.74, 6) is 0. The lowest BCUT2D eigenvalue weighted by Crippen LogP contribution is -2.59. The Morgan fingerprint density at radius 3 is 0.763 bits per heavy atom. The molecule has 4 heteroatoms. The van der Waals surface area contributed by atoms with E-state index >= 15 is 0 Å². The van der Waals surface area contributed by atoms with Gasteiger partial charge in [0.2, 0.25) is 0 Å². The molecule has 3 nitrogen and oxygen atoms in total. The molecule has 0 saturated carbocycles. The van der Waals surface area contributed by atoms with Crippen molar-refractivity contribution in [3.63, 3.8) is 0 Å². The van der Waals surface area contributed by atoms with Gasteiger partial charge in [-0.2, -0.15) is 0 Å². The minimum Gasteiger partial charge on any atom is -0.310 e. The third kappa shape index (κ3) is 12.4.